The number of ketones is 1. The number of ether oxygens (including phenoxy) is 1. The molecule has 0 fully saturated rings. The van der Waals surface area contributed by atoms with Crippen LogP contribution in [-0.2, 0) is 0 Å². The number of hydrogen-bond donors (Lipinski definition) is 0. The highest BCUT2D eigenvalue weighted by molar-refractivity contribution is 6.11. The highest BCUT2D eigenvalue weighted by atomic mass is 16.5. The summed E-state index contributed by atoms with van der Waals surface area (Å²) in [6, 6.07) is 7.04. The Labute approximate surface area is 83.5 Å². The lowest BCUT2D eigenvalue weighted by atomic mass is 10.0. The molecule has 72 valence electrons. The van der Waals surface area contributed by atoms with Crippen molar-refractivity contribution in [1.82, 2.24) is 0 Å². The number of carbonyl (C=O) groups is 1. The number of rotatable bonds is 4. The van der Waals surface area contributed by atoms with Crippen molar-refractivity contribution >= 4 is 5.78 Å². The Balaban J connectivity index is 3.12. The number of carbonyl (C=O) groups excluding carboxylic acids is 1. The molecule has 0 aromatic heterocycles. The van der Waals surface area contributed by atoms with Gasteiger partial charge in [0.25, 0.3) is 0 Å². The minimum absolute atomic E-state index is 0.155. The normalized spacial score (nSPS) is 9.21. The minimum Gasteiger partial charge on any atom is -0.496 e. The molecule has 0 atom stereocenters. The fraction of sp³-hybridized carbons (Fsp3) is 0.0833. The lowest BCUT2D eigenvalue weighted by Gasteiger charge is -2.06. The summed E-state index contributed by atoms with van der Waals surface area (Å²) in [6.07, 6.45) is 1.44. The molecule has 0 unspecified atom stereocenters. The number of benzene rings is 1. The molecule has 2 heteroatoms. The van der Waals surface area contributed by atoms with E-state index in [1.807, 2.05) is 6.07 Å². The SMILES string of the molecule is C=CC(=C)C(=O)c1ccccc1OC. The summed E-state index contributed by atoms with van der Waals surface area (Å²) < 4.78 is 5.06. The van der Waals surface area contributed by atoms with Gasteiger partial charge in [-0.05, 0) is 12.1 Å². The van der Waals surface area contributed by atoms with Crippen LogP contribution in [0.1, 0.15) is 10.4 Å². The second kappa shape index (κ2) is 4.42. The van der Waals surface area contributed by atoms with Crippen LogP contribution in [0.25, 0.3) is 0 Å². The molecule has 2 nitrogen and oxygen atoms in total. The topological polar surface area (TPSA) is 26.3 Å². The molecule has 0 heterocycles. The van der Waals surface area contributed by atoms with Gasteiger partial charge in [0.15, 0.2) is 5.78 Å². The second-order valence-corrected chi connectivity index (χ2v) is 2.76. The molecule has 14 heavy (non-hydrogen) atoms. The molecule has 1 rings (SSSR count). The van der Waals surface area contributed by atoms with Crippen molar-refractivity contribution in [3.63, 3.8) is 0 Å². The van der Waals surface area contributed by atoms with E-state index in [9.17, 15) is 4.79 Å². The van der Waals surface area contributed by atoms with Crippen LogP contribution in [0.4, 0.5) is 0 Å². The van der Waals surface area contributed by atoms with Crippen molar-refractivity contribution in [3.8, 4) is 5.75 Å². The van der Waals surface area contributed by atoms with Gasteiger partial charge in [-0.15, -0.1) is 0 Å². The summed E-state index contributed by atoms with van der Waals surface area (Å²) in [5.74, 6) is 0.401. The highest BCUT2D eigenvalue weighted by Crippen LogP contribution is 2.20. The average molecular weight is 188 g/mol. The maximum atomic E-state index is 11.7. The zero-order valence-electron chi connectivity index (χ0n) is 8.12. The largest absolute Gasteiger partial charge is 0.496 e. The van der Waals surface area contributed by atoms with Gasteiger partial charge < -0.3 is 4.74 Å². The molecule has 0 saturated carbocycles. The van der Waals surface area contributed by atoms with E-state index in [0.717, 1.165) is 0 Å². The van der Waals surface area contributed by atoms with Crippen molar-refractivity contribution < 1.29 is 9.53 Å². The van der Waals surface area contributed by atoms with Crippen LogP contribution in [-0.4, -0.2) is 12.9 Å². The minimum atomic E-state index is -0.155. The van der Waals surface area contributed by atoms with Gasteiger partial charge in [0, 0.05) is 5.57 Å². The van der Waals surface area contributed by atoms with Crippen LogP contribution in [0.5, 0.6) is 5.75 Å². The van der Waals surface area contributed by atoms with E-state index in [1.54, 1.807) is 18.2 Å². The van der Waals surface area contributed by atoms with Crippen molar-refractivity contribution in [3.05, 3.63) is 54.6 Å². The molecule has 1 aromatic carbocycles. The quantitative estimate of drug-likeness (QED) is 0.412. The maximum Gasteiger partial charge on any atom is 0.196 e. The molecular weight excluding hydrogens is 176 g/mol. The molecule has 1 aromatic rings. The van der Waals surface area contributed by atoms with E-state index >= 15 is 0 Å². The summed E-state index contributed by atoms with van der Waals surface area (Å²) in [7, 11) is 1.53. The fourth-order valence-electron chi connectivity index (χ4n) is 1.10. The Kier molecular flexibility index (Phi) is 3.24. The third-order valence-corrected chi connectivity index (χ3v) is 1.89. The zero-order valence-corrected chi connectivity index (χ0v) is 8.12. The van der Waals surface area contributed by atoms with Crippen molar-refractivity contribution in [2.24, 2.45) is 0 Å². The van der Waals surface area contributed by atoms with Crippen LogP contribution in [0.2, 0.25) is 0 Å². The summed E-state index contributed by atoms with van der Waals surface area (Å²) in [5, 5.41) is 0. The number of Topliss-reactive ketones (excluding diaryl/α,β-unsaturated/α-hetero) is 1. The smallest absolute Gasteiger partial charge is 0.196 e. The van der Waals surface area contributed by atoms with Crippen molar-refractivity contribution in [2.45, 2.75) is 0 Å². The Morgan fingerprint density at radius 3 is 2.64 bits per heavy atom. The number of para-hydroxylation sites is 1. The van der Waals surface area contributed by atoms with Crippen molar-refractivity contribution in [1.29, 1.82) is 0 Å². The van der Waals surface area contributed by atoms with Crippen LogP contribution >= 0.6 is 0 Å². The third kappa shape index (κ3) is 1.91. The van der Waals surface area contributed by atoms with Crippen LogP contribution in [0.3, 0.4) is 0 Å². The monoisotopic (exact) mass is 188 g/mol. The summed E-state index contributed by atoms with van der Waals surface area (Å²) in [4.78, 5) is 11.7. The van der Waals surface area contributed by atoms with Gasteiger partial charge in [0.2, 0.25) is 0 Å². The summed E-state index contributed by atoms with van der Waals surface area (Å²) in [5.41, 5.74) is 0.884. The Hall–Kier alpha value is -1.83. The zero-order chi connectivity index (χ0) is 10.6. The first kappa shape index (κ1) is 10.3. The predicted molar refractivity (Wildman–Crippen MR) is 56.7 cm³/mol. The molecule has 0 spiro atoms. The first-order chi connectivity index (χ1) is 6.70. The van der Waals surface area contributed by atoms with Crippen LogP contribution in [0.15, 0.2) is 49.1 Å². The van der Waals surface area contributed by atoms with E-state index < -0.39 is 0 Å². The van der Waals surface area contributed by atoms with Gasteiger partial charge in [0.1, 0.15) is 5.75 Å². The molecular formula is C12H12O2. The first-order valence-corrected chi connectivity index (χ1v) is 4.19. The lowest BCUT2D eigenvalue weighted by Crippen LogP contribution is -2.02. The van der Waals surface area contributed by atoms with Crippen molar-refractivity contribution in [2.75, 3.05) is 7.11 Å². The van der Waals surface area contributed by atoms with E-state index in [4.69, 9.17) is 4.74 Å². The first-order valence-electron chi connectivity index (χ1n) is 4.19. The Morgan fingerprint density at radius 1 is 1.43 bits per heavy atom. The van der Waals surface area contributed by atoms with E-state index in [1.165, 1.54) is 13.2 Å². The Morgan fingerprint density at radius 2 is 2.07 bits per heavy atom. The van der Waals surface area contributed by atoms with Gasteiger partial charge in [0.05, 0.1) is 12.7 Å². The number of allylic oxidation sites excluding steroid dienone is 2. The number of hydrogen-bond acceptors (Lipinski definition) is 2. The molecule has 0 N–H and O–H groups in total. The molecule has 0 amide bonds. The fourth-order valence-corrected chi connectivity index (χ4v) is 1.10. The molecule has 0 bridgehead atoms. The van der Waals surface area contributed by atoms with Gasteiger partial charge in [-0.3, -0.25) is 4.79 Å². The lowest BCUT2D eigenvalue weighted by molar-refractivity contribution is 0.103. The second-order valence-electron chi connectivity index (χ2n) is 2.76. The summed E-state index contributed by atoms with van der Waals surface area (Å²) >= 11 is 0. The highest BCUT2D eigenvalue weighted by Gasteiger charge is 2.12. The van der Waals surface area contributed by atoms with Gasteiger partial charge in [-0.1, -0.05) is 31.4 Å². The van der Waals surface area contributed by atoms with Gasteiger partial charge in [-0.2, -0.15) is 0 Å². The van der Waals surface area contributed by atoms with Gasteiger partial charge >= 0.3 is 0 Å². The van der Waals surface area contributed by atoms with E-state index in [0.29, 0.717) is 16.9 Å². The molecule has 0 saturated heterocycles. The van der Waals surface area contributed by atoms with Crippen LogP contribution in [0, 0.1) is 0 Å². The molecule has 0 aliphatic carbocycles. The van der Waals surface area contributed by atoms with Gasteiger partial charge in [-0.25, -0.2) is 0 Å². The third-order valence-electron chi connectivity index (χ3n) is 1.89. The van der Waals surface area contributed by atoms with Crippen LogP contribution < -0.4 is 4.74 Å². The Bertz CT molecular complexity index is 378. The summed E-state index contributed by atoms with van der Waals surface area (Å²) in [6.45, 7) is 7.10. The maximum absolute atomic E-state index is 11.7. The van der Waals surface area contributed by atoms with E-state index in [-0.39, 0.29) is 5.78 Å². The molecule has 0 radical (unpaired) electrons. The molecule has 0 aliphatic rings. The average Bonchev–Trinajstić information content (AvgIpc) is 2.26. The van der Waals surface area contributed by atoms with E-state index in [2.05, 4.69) is 13.2 Å². The predicted octanol–water partition coefficient (Wildman–Crippen LogP) is 2.62. The molecule has 0 aliphatic heterocycles. The standard InChI is InChI=1S/C12H12O2/c1-4-9(2)12(13)10-7-5-6-8-11(10)14-3/h4-8H,1-2H2,3H3. The number of methoxy groups -OCH3 is 1.